The highest BCUT2D eigenvalue weighted by Crippen LogP contribution is 2.26. The second-order valence-corrected chi connectivity index (χ2v) is 5.38. The minimum absolute atomic E-state index is 0.363. The second kappa shape index (κ2) is 8.71. The molecule has 3 heteroatoms. The fourth-order valence-electron chi connectivity index (χ4n) is 2.33. The summed E-state index contributed by atoms with van der Waals surface area (Å²) < 4.78 is 5.81. The van der Waals surface area contributed by atoms with Crippen LogP contribution in [0.1, 0.15) is 24.8 Å². The molecule has 0 bridgehead atoms. The topological polar surface area (TPSA) is 21.3 Å². The van der Waals surface area contributed by atoms with Gasteiger partial charge >= 0.3 is 0 Å². The van der Waals surface area contributed by atoms with Crippen molar-refractivity contribution in [3.8, 4) is 5.75 Å². The van der Waals surface area contributed by atoms with Crippen molar-refractivity contribution >= 4 is 11.6 Å². The average molecular weight is 304 g/mol. The van der Waals surface area contributed by atoms with Crippen molar-refractivity contribution in [2.24, 2.45) is 0 Å². The van der Waals surface area contributed by atoms with Gasteiger partial charge in [-0.05, 0) is 36.7 Å². The van der Waals surface area contributed by atoms with Gasteiger partial charge in [0.15, 0.2) is 0 Å². The monoisotopic (exact) mass is 303 g/mol. The third-order valence-corrected chi connectivity index (χ3v) is 3.81. The molecule has 0 fully saturated rings. The number of halogens is 1. The number of ether oxygens (including phenoxy) is 1. The molecule has 112 valence electrons. The van der Waals surface area contributed by atoms with Gasteiger partial charge in [-0.3, -0.25) is 0 Å². The molecule has 0 saturated heterocycles. The third kappa shape index (κ3) is 5.07. The maximum atomic E-state index is 6.33. The van der Waals surface area contributed by atoms with Crippen molar-refractivity contribution in [3.05, 3.63) is 65.2 Å². The van der Waals surface area contributed by atoms with Crippen LogP contribution in [-0.2, 0) is 0 Å². The summed E-state index contributed by atoms with van der Waals surface area (Å²) in [5.41, 5.74) is 1.19. The predicted octanol–water partition coefficient (Wildman–Crippen LogP) is 4.50. The lowest BCUT2D eigenvalue weighted by Gasteiger charge is -2.19. The maximum absolute atomic E-state index is 6.33. The first kappa shape index (κ1) is 15.9. The third-order valence-electron chi connectivity index (χ3n) is 3.46. The zero-order valence-electron chi connectivity index (χ0n) is 12.4. The van der Waals surface area contributed by atoms with E-state index in [1.807, 2.05) is 48.5 Å². The van der Waals surface area contributed by atoms with Crippen LogP contribution in [-0.4, -0.2) is 19.7 Å². The number of hydrogen-bond donors (Lipinski definition) is 1. The molecular formula is C18H22ClNO. The van der Waals surface area contributed by atoms with Crippen LogP contribution in [0.15, 0.2) is 54.6 Å². The lowest BCUT2D eigenvalue weighted by atomic mass is 9.96. The van der Waals surface area contributed by atoms with E-state index < -0.39 is 0 Å². The second-order valence-electron chi connectivity index (χ2n) is 4.98. The molecule has 1 atom stereocenters. The van der Waals surface area contributed by atoms with Crippen molar-refractivity contribution in [3.63, 3.8) is 0 Å². The zero-order valence-corrected chi connectivity index (χ0v) is 13.1. The minimum Gasteiger partial charge on any atom is -0.494 e. The zero-order chi connectivity index (χ0) is 14.9. The molecule has 1 N–H and O–H groups in total. The van der Waals surface area contributed by atoms with E-state index in [-0.39, 0.29) is 0 Å². The summed E-state index contributed by atoms with van der Waals surface area (Å²) in [6.07, 6.45) is 0.936. The number of hydrogen-bond acceptors (Lipinski definition) is 2. The number of likely N-dealkylation sites (N-methyl/N-ethyl adjacent to an activating group) is 1. The van der Waals surface area contributed by atoms with Crippen LogP contribution >= 0.6 is 11.6 Å². The first-order valence-corrected chi connectivity index (χ1v) is 7.82. The molecule has 1 unspecified atom stereocenters. The Morgan fingerprint density at radius 1 is 1.05 bits per heavy atom. The highest BCUT2D eigenvalue weighted by molar-refractivity contribution is 6.31. The quantitative estimate of drug-likeness (QED) is 0.775. The summed E-state index contributed by atoms with van der Waals surface area (Å²) in [5, 5.41) is 4.24. The number of rotatable bonds is 8. The van der Waals surface area contributed by atoms with Gasteiger partial charge in [0.25, 0.3) is 0 Å². The summed E-state index contributed by atoms with van der Waals surface area (Å²) in [4.78, 5) is 0. The lowest BCUT2D eigenvalue weighted by molar-refractivity contribution is 0.295. The van der Waals surface area contributed by atoms with E-state index in [0.29, 0.717) is 12.5 Å². The molecule has 0 heterocycles. The molecule has 2 aromatic rings. The van der Waals surface area contributed by atoms with Gasteiger partial charge in [-0.15, -0.1) is 0 Å². The molecule has 0 aliphatic heterocycles. The Kier molecular flexibility index (Phi) is 6.58. The van der Waals surface area contributed by atoms with E-state index in [2.05, 4.69) is 18.3 Å². The molecule has 2 aromatic carbocycles. The molecule has 0 aliphatic carbocycles. The Balaban J connectivity index is 1.95. The van der Waals surface area contributed by atoms with Gasteiger partial charge in [0.05, 0.1) is 6.61 Å². The number of nitrogens with one attached hydrogen (secondary N) is 1. The van der Waals surface area contributed by atoms with E-state index in [4.69, 9.17) is 16.3 Å². The van der Waals surface area contributed by atoms with Gasteiger partial charge in [0.2, 0.25) is 0 Å². The summed E-state index contributed by atoms with van der Waals surface area (Å²) in [7, 11) is 0. The van der Waals surface area contributed by atoms with E-state index in [0.717, 1.165) is 30.3 Å². The van der Waals surface area contributed by atoms with Crippen LogP contribution in [0, 0.1) is 0 Å². The van der Waals surface area contributed by atoms with Gasteiger partial charge in [-0.25, -0.2) is 0 Å². The van der Waals surface area contributed by atoms with Gasteiger partial charge in [0, 0.05) is 17.5 Å². The van der Waals surface area contributed by atoms with Crippen molar-refractivity contribution in [1.82, 2.24) is 5.32 Å². The SMILES string of the molecule is CCNCC(CCOc1ccccc1)c1ccccc1Cl. The normalized spacial score (nSPS) is 12.1. The molecule has 0 aromatic heterocycles. The van der Waals surface area contributed by atoms with E-state index in [9.17, 15) is 0 Å². The van der Waals surface area contributed by atoms with E-state index in [1.54, 1.807) is 0 Å². The molecule has 0 radical (unpaired) electrons. The Morgan fingerprint density at radius 2 is 1.76 bits per heavy atom. The van der Waals surface area contributed by atoms with Crippen LogP contribution < -0.4 is 10.1 Å². The van der Waals surface area contributed by atoms with Crippen molar-refractivity contribution in [2.75, 3.05) is 19.7 Å². The first-order valence-electron chi connectivity index (χ1n) is 7.44. The van der Waals surface area contributed by atoms with Crippen LogP contribution in [0.5, 0.6) is 5.75 Å². The van der Waals surface area contributed by atoms with Crippen LogP contribution in [0.2, 0.25) is 5.02 Å². The smallest absolute Gasteiger partial charge is 0.119 e. The molecule has 0 amide bonds. The Hall–Kier alpha value is -1.51. The van der Waals surface area contributed by atoms with E-state index >= 15 is 0 Å². The standard InChI is InChI=1S/C18H22ClNO/c1-2-20-14-15(17-10-6-7-11-18(17)19)12-13-21-16-8-4-3-5-9-16/h3-11,15,20H,2,12-14H2,1H3. The minimum atomic E-state index is 0.363. The Bertz CT molecular complexity index is 530. The first-order chi connectivity index (χ1) is 10.3. The molecular weight excluding hydrogens is 282 g/mol. The van der Waals surface area contributed by atoms with E-state index in [1.165, 1.54) is 5.56 Å². The average Bonchev–Trinajstić information content (AvgIpc) is 2.52. The highest BCUT2D eigenvalue weighted by Gasteiger charge is 2.14. The van der Waals surface area contributed by atoms with Crippen LogP contribution in [0.3, 0.4) is 0 Å². The Morgan fingerprint density at radius 3 is 2.48 bits per heavy atom. The summed E-state index contributed by atoms with van der Waals surface area (Å²) in [6.45, 7) is 4.67. The molecule has 2 rings (SSSR count). The molecule has 0 spiro atoms. The van der Waals surface area contributed by atoms with Crippen molar-refractivity contribution in [2.45, 2.75) is 19.3 Å². The summed E-state index contributed by atoms with van der Waals surface area (Å²) in [5.74, 6) is 1.28. The molecule has 2 nitrogen and oxygen atoms in total. The van der Waals surface area contributed by atoms with Gasteiger partial charge < -0.3 is 10.1 Å². The van der Waals surface area contributed by atoms with Gasteiger partial charge in [-0.2, -0.15) is 0 Å². The predicted molar refractivity (Wildman–Crippen MR) is 89.3 cm³/mol. The number of para-hydroxylation sites is 1. The van der Waals surface area contributed by atoms with Crippen molar-refractivity contribution in [1.29, 1.82) is 0 Å². The molecule has 0 aliphatic rings. The largest absolute Gasteiger partial charge is 0.494 e. The number of benzene rings is 2. The summed E-state index contributed by atoms with van der Waals surface area (Å²) >= 11 is 6.33. The van der Waals surface area contributed by atoms with Gasteiger partial charge in [0.1, 0.15) is 5.75 Å². The maximum Gasteiger partial charge on any atom is 0.119 e. The van der Waals surface area contributed by atoms with Gasteiger partial charge in [-0.1, -0.05) is 54.9 Å². The lowest BCUT2D eigenvalue weighted by Crippen LogP contribution is -2.23. The Labute approximate surface area is 132 Å². The fourth-order valence-corrected chi connectivity index (χ4v) is 2.62. The van der Waals surface area contributed by atoms with Crippen LogP contribution in [0.25, 0.3) is 0 Å². The highest BCUT2D eigenvalue weighted by atomic mass is 35.5. The summed E-state index contributed by atoms with van der Waals surface area (Å²) in [6, 6.07) is 18.0. The molecule has 0 saturated carbocycles. The van der Waals surface area contributed by atoms with Crippen LogP contribution in [0.4, 0.5) is 0 Å². The van der Waals surface area contributed by atoms with Crippen molar-refractivity contribution < 1.29 is 4.74 Å². The molecule has 21 heavy (non-hydrogen) atoms. The fraction of sp³-hybridized carbons (Fsp3) is 0.333.